The number of carbonyl (C=O) groups excluding carboxylic acids is 1. The smallest absolute Gasteiger partial charge is 0.292 e. The van der Waals surface area contributed by atoms with E-state index in [1.165, 1.54) is 26.4 Å². The average Bonchev–Trinajstić information content (AvgIpc) is 2.66. The van der Waals surface area contributed by atoms with Crippen LogP contribution in [0.25, 0.3) is 0 Å². The molecule has 0 heterocycles. The molecular weight excluding hydrogens is 164 g/mol. The Labute approximate surface area is 78.5 Å². The molecule has 13 heavy (non-hydrogen) atoms. The second-order valence-corrected chi connectivity index (χ2v) is 2.95. The Balaban J connectivity index is 0.000000184. The van der Waals surface area contributed by atoms with Crippen LogP contribution in [0.1, 0.15) is 17.5 Å². The van der Waals surface area contributed by atoms with E-state index in [-0.39, 0.29) is 0 Å². The summed E-state index contributed by atoms with van der Waals surface area (Å²) in [5.74, 6) is 0. The lowest BCUT2D eigenvalue weighted by molar-refractivity contribution is -0.126. The van der Waals surface area contributed by atoms with Gasteiger partial charge < -0.3 is 4.74 Å². The molecule has 0 unspecified atom stereocenters. The average molecular weight is 178 g/mol. The van der Waals surface area contributed by atoms with E-state index in [2.05, 4.69) is 29.0 Å². The fourth-order valence-corrected chi connectivity index (χ4v) is 1.51. The third-order valence-electron chi connectivity index (χ3n) is 2.11. The Kier molecular flexibility index (Phi) is 4.03. The van der Waals surface area contributed by atoms with Crippen LogP contribution in [-0.2, 0) is 22.4 Å². The van der Waals surface area contributed by atoms with E-state index in [4.69, 9.17) is 4.79 Å². The zero-order valence-electron chi connectivity index (χ0n) is 7.82. The van der Waals surface area contributed by atoms with Crippen molar-refractivity contribution in [2.75, 3.05) is 7.11 Å². The van der Waals surface area contributed by atoms with Gasteiger partial charge in [0.2, 0.25) is 0 Å². The lowest BCUT2D eigenvalue weighted by Crippen LogP contribution is -1.77. The highest BCUT2D eigenvalue weighted by Gasteiger charge is 2.07. The SMILES string of the molecule is COC=O.c1ccc2c(c1)CCC2. The molecule has 0 aliphatic heterocycles. The van der Waals surface area contributed by atoms with Crippen molar-refractivity contribution in [2.24, 2.45) is 0 Å². The quantitative estimate of drug-likeness (QED) is 0.614. The molecule has 0 radical (unpaired) electrons. The topological polar surface area (TPSA) is 26.3 Å². The normalized spacial score (nSPS) is 12.4. The summed E-state index contributed by atoms with van der Waals surface area (Å²) in [6, 6.07) is 8.74. The molecule has 0 amide bonds. The Bertz CT molecular complexity index is 246. The van der Waals surface area contributed by atoms with Gasteiger partial charge in [0.1, 0.15) is 0 Å². The minimum Gasteiger partial charge on any atom is -0.471 e. The lowest BCUT2D eigenvalue weighted by atomic mass is 10.1. The molecule has 1 aromatic carbocycles. The number of rotatable bonds is 1. The van der Waals surface area contributed by atoms with Crippen LogP contribution in [0.2, 0.25) is 0 Å². The van der Waals surface area contributed by atoms with Crippen LogP contribution in [0.5, 0.6) is 0 Å². The van der Waals surface area contributed by atoms with E-state index < -0.39 is 0 Å². The molecule has 0 saturated carbocycles. The van der Waals surface area contributed by atoms with Gasteiger partial charge in [-0.3, -0.25) is 4.79 Å². The van der Waals surface area contributed by atoms with Crippen molar-refractivity contribution in [3.63, 3.8) is 0 Å². The zero-order valence-corrected chi connectivity index (χ0v) is 7.82. The van der Waals surface area contributed by atoms with E-state index in [0.29, 0.717) is 6.47 Å². The monoisotopic (exact) mass is 178 g/mol. The van der Waals surface area contributed by atoms with Crippen LogP contribution in [0.4, 0.5) is 0 Å². The summed E-state index contributed by atoms with van der Waals surface area (Å²) in [5, 5.41) is 0. The summed E-state index contributed by atoms with van der Waals surface area (Å²) in [5.41, 5.74) is 3.13. The van der Waals surface area contributed by atoms with Crippen molar-refractivity contribution in [3.05, 3.63) is 35.4 Å². The molecule has 70 valence electrons. The molecule has 0 spiro atoms. The molecule has 0 aromatic heterocycles. The largest absolute Gasteiger partial charge is 0.471 e. The van der Waals surface area contributed by atoms with E-state index in [1.807, 2.05) is 0 Å². The van der Waals surface area contributed by atoms with Gasteiger partial charge in [0.25, 0.3) is 6.47 Å². The van der Waals surface area contributed by atoms with Crippen molar-refractivity contribution in [1.82, 2.24) is 0 Å². The van der Waals surface area contributed by atoms with Crippen LogP contribution in [0.15, 0.2) is 24.3 Å². The van der Waals surface area contributed by atoms with Gasteiger partial charge in [0.05, 0.1) is 7.11 Å². The standard InChI is InChI=1S/C9H10.C2H4O2/c1-2-5-9-7-3-6-8(9)4-1;1-4-2-3/h1-2,4-5H,3,6-7H2;2H,1H3. The lowest BCUT2D eigenvalue weighted by Gasteiger charge is -1.93. The van der Waals surface area contributed by atoms with E-state index in [9.17, 15) is 0 Å². The van der Waals surface area contributed by atoms with Crippen molar-refractivity contribution < 1.29 is 9.53 Å². The molecule has 0 atom stereocenters. The Morgan fingerprint density at radius 3 is 2.08 bits per heavy atom. The molecule has 1 aliphatic carbocycles. The maximum Gasteiger partial charge on any atom is 0.292 e. The summed E-state index contributed by atoms with van der Waals surface area (Å²) in [4.78, 5) is 8.95. The number of ether oxygens (including phenoxy) is 1. The Morgan fingerprint density at radius 2 is 1.69 bits per heavy atom. The van der Waals surface area contributed by atoms with Crippen LogP contribution >= 0.6 is 0 Å². The number of benzene rings is 1. The number of hydrogen-bond acceptors (Lipinski definition) is 2. The van der Waals surface area contributed by atoms with E-state index >= 15 is 0 Å². The minimum atomic E-state index is 0.375. The second kappa shape index (κ2) is 5.36. The first-order chi connectivity index (χ1) is 6.38. The van der Waals surface area contributed by atoms with Crippen molar-refractivity contribution in [3.8, 4) is 0 Å². The maximum absolute atomic E-state index is 8.95. The van der Waals surface area contributed by atoms with Gasteiger partial charge in [0.15, 0.2) is 0 Å². The molecule has 2 nitrogen and oxygen atoms in total. The second-order valence-electron chi connectivity index (χ2n) is 2.95. The minimum absolute atomic E-state index is 0.375. The summed E-state index contributed by atoms with van der Waals surface area (Å²) >= 11 is 0. The van der Waals surface area contributed by atoms with Crippen molar-refractivity contribution >= 4 is 6.47 Å². The Morgan fingerprint density at radius 1 is 1.23 bits per heavy atom. The Hall–Kier alpha value is -1.31. The fraction of sp³-hybridized carbons (Fsp3) is 0.364. The number of hydrogen-bond donors (Lipinski definition) is 0. The fourth-order valence-electron chi connectivity index (χ4n) is 1.51. The van der Waals surface area contributed by atoms with Crippen LogP contribution < -0.4 is 0 Å². The van der Waals surface area contributed by atoms with Gasteiger partial charge in [0, 0.05) is 0 Å². The van der Waals surface area contributed by atoms with Crippen LogP contribution in [0, 0.1) is 0 Å². The number of methoxy groups -OCH3 is 1. The highest BCUT2D eigenvalue weighted by molar-refractivity contribution is 5.36. The predicted octanol–water partition coefficient (Wildman–Crippen LogP) is 1.96. The molecule has 2 rings (SSSR count). The van der Waals surface area contributed by atoms with Gasteiger partial charge in [-0.15, -0.1) is 0 Å². The first-order valence-corrected chi connectivity index (χ1v) is 4.41. The first kappa shape index (κ1) is 9.78. The highest BCUT2D eigenvalue weighted by Crippen LogP contribution is 2.20. The highest BCUT2D eigenvalue weighted by atomic mass is 16.5. The summed E-state index contributed by atoms with van der Waals surface area (Å²) in [7, 11) is 1.31. The molecule has 0 saturated heterocycles. The number of aryl methyl sites for hydroxylation is 2. The molecule has 2 heteroatoms. The van der Waals surface area contributed by atoms with Crippen LogP contribution in [-0.4, -0.2) is 13.6 Å². The van der Waals surface area contributed by atoms with E-state index in [1.54, 1.807) is 11.1 Å². The number of carbonyl (C=O) groups is 1. The summed E-state index contributed by atoms with van der Waals surface area (Å²) in [6.07, 6.45) is 3.96. The molecule has 0 bridgehead atoms. The molecule has 0 fully saturated rings. The first-order valence-electron chi connectivity index (χ1n) is 4.41. The molecule has 1 aromatic rings. The van der Waals surface area contributed by atoms with Gasteiger partial charge in [-0.05, 0) is 30.4 Å². The van der Waals surface area contributed by atoms with Gasteiger partial charge >= 0.3 is 0 Å². The van der Waals surface area contributed by atoms with Gasteiger partial charge in [-0.2, -0.15) is 0 Å². The molecular formula is C11H14O2. The predicted molar refractivity (Wildman–Crippen MR) is 51.5 cm³/mol. The summed E-state index contributed by atoms with van der Waals surface area (Å²) in [6.45, 7) is 0.375. The molecule has 1 aliphatic rings. The van der Waals surface area contributed by atoms with Crippen molar-refractivity contribution in [2.45, 2.75) is 19.3 Å². The van der Waals surface area contributed by atoms with Gasteiger partial charge in [-0.25, -0.2) is 0 Å². The van der Waals surface area contributed by atoms with Crippen LogP contribution in [0.3, 0.4) is 0 Å². The maximum atomic E-state index is 8.95. The van der Waals surface area contributed by atoms with Crippen molar-refractivity contribution in [1.29, 1.82) is 0 Å². The van der Waals surface area contributed by atoms with Gasteiger partial charge in [-0.1, -0.05) is 24.3 Å². The van der Waals surface area contributed by atoms with E-state index in [0.717, 1.165) is 0 Å². The molecule has 0 N–H and O–H groups in total. The third kappa shape index (κ3) is 2.90. The summed E-state index contributed by atoms with van der Waals surface area (Å²) < 4.78 is 3.86. The third-order valence-corrected chi connectivity index (χ3v) is 2.11. The zero-order chi connectivity index (χ0) is 9.52. The number of fused-ring (bicyclic) bond motifs is 1.